The molecule has 2 aliphatic rings. The van der Waals surface area contributed by atoms with Gasteiger partial charge in [-0.2, -0.15) is 13.1 Å². The van der Waals surface area contributed by atoms with Gasteiger partial charge >= 0.3 is 37.7 Å². The van der Waals surface area contributed by atoms with E-state index < -0.39 is 0 Å². The molecule has 0 aliphatic carbocycles. The minimum absolute atomic E-state index is 0. The van der Waals surface area contributed by atoms with E-state index >= 15 is 0 Å². The van der Waals surface area contributed by atoms with Gasteiger partial charge in [0.1, 0.15) is 0 Å². The Hall–Kier alpha value is -0.525. The fourth-order valence-electron chi connectivity index (χ4n) is 5.23. The molecule has 0 radical (unpaired) electrons. The van der Waals surface area contributed by atoms with Crippen molar-refractivity contribution in [2.24, 2.45) is 0 Å². The molecule has 0 spiro atoms. The van der Waals surface area contributed by atoms with Gasteiger partial charge in [-0.1, -0.05) is 111 Å². The van der Waals surface area contributed by atoms with Crippen LogP contribution in [0.1, 0.15) is 75.6 Å². The molecule has 2 aliphatic heterocycles. The maximum absolute atomic E-state index is 5.16. The molecule has 6 heteroatoms. The van der Waals surface area contributed by atoms with Crippen molar-refractivity contribution in [1.82, 2.24) is 9.80 Å². The quantitative estimate of drug-likeness (QED) is 0.341. The van der Waals surface area contributed by atoms with E-state index in [1.54, 1.807) is 0 Å². The molecule has 0 amide bonds. The van der Waals surface area contributed by atoms with Gasteiger partial charge in [-0.3, -0.25) is 0 Å². The monoisotopic (exact) mass is 476 g/mol. The van der Waals surface area contributed by atoms with E-state index in [2.05, 4.69) is 70.5 Å². The molecule has 188 valence electrons. The van der Waals surface area contributed by atoms with Crippen LogP contribution in [0.25, 0.3) is 10.6 Å². The van der Waals surface area contributed by atoms with Crippen molar-refractivity contribution in [1.29, 1.82) is 0 Å². The average Bonchev–Trinajstić information content (AvgIpc) is 2.89. The van der Waals surface area contributed by atoms with Crippen LogP contribution < -0.4 is 37.7 Å². The molecule has 4 nitrogen and oxygen atoms in total. The molecule has 4 rings (SSSR count). The SMILES string of the molecule is C.[Li+].[Li+].c1ccc(C(CN2CCCCC2)[N-]CCC[N-]C(CN2CCCCC2)c2ccccc2)cc1. The van der Waals surface area contributed by atoms with Crippen LogP contribution in [0.4, 0.5) is 0 Å². The number of benzene rings is 2. The Kier molecular flexibility index (Phi) is 18.2. The summed E-state index contributed by atoms with van der Waals surface area (Å²) < 4.78 is 0. The summed E-state index contributed by atoms with van der Waals surface area (Å²) in [7, 11) is 0. The van der Waals surface area contributed by atoms with Gasteiger partial charge in [-0.05, 0) is 65.0 Å². The van der Waals surface area contributed by atoms with Crippen LogP contribution in [0.3, 0.4) is 0 Å². The van der Waals surface area contributed by atoms with Crippen molar-refractivity contribution in [3.05, 3.63) is 82.4 Å². The second-order valence-electron chi connectivity index (χ2n) is 9.74. The Morgan fingerprint density at radius 1 is 0.556 bits per heavy atom. The van der Waals surface area contributed by atoms with Gasteiger partial charge in [0, 0.05) is 0 Å². The Labute approximate surface area is 245 Å². The molecule has 2 fully saturated rings. The summed E-state index contributed by atoms with van der Waals surface area (Å²) in [6.07, 6.45) is 9.12. The molecule has 2 atom stereocenters. The van der Waals surface area contributed by atoms with Gasteiger partial charge in [0.15, 0.2) is 0 Å². The van der Waals surface area contributed by atoms with E-state index in [9.17, 15) is 0 Å². The van der Waals surface area contributed by atoms with Crippen molar-refractivity contribution >= 4 is 0 Å². The first-order chi connectivity index (χ1) is 16.4. The van der Waals surface area contributed by atoms with E-state index in [0.29, 0.717) is 0 Å². The molecule has 2 heterocycles. The second-order valence-corrected chi connectivity index (χ2v) is 9.74. The first kappa shape index (κ1) is 33.5. The van der Waals surface area contributed by atoms with Crippen LogP contribution in [0.5, 0.6) is 0 Å². The van der Waals surface area contributed by atoms with Gasteiger partial charge in [0.2, 0.25) is 0 Å². The van der Waals surface area contributed by atoms with Crippen molar-refractivity contribution in [3.8, 4) is 0 Å². The molecule has 36 heavy (non-hydrogen) atoms. The zero-order valence-electron chi connectivity index (χ0n) is 22.3. The van der Waals surface area contributed by atoms with Crippen LogP contribution in [-0.2, 0) is 0 Å². The zero-order valence-corrected chi connectivity index (χ0v) is 22.3. The van der Waals surface area contributed by atoms with Crippen molar-refractivity contribution < 1.29 is 37.7 Å². The predicted molar refractivity (Wildman–Crippen MR) is 147 cm³/mol. The molecule has 0 N–H and O–H groups in total. The van der Waals surface area contributed by atoms with Crippen LogP contribution in [0.15, 0.2) is 60.7 Å². The van der Waals surface area contributed by atoms with E-state index in [4.69, 9.17) is 10.6 Å². The van der Waals surface area contributed by atoms with Crippen LogP contribution in [0.2, 0.25) is 0 Å². The van der Waals surface area contributed by atoms with Gasteiger partial charge < -0.3 is 20.4 Å². The minimum atomic E-state index is 0. The van der Waals surface area contributed by atoms with Gasteiger partial charge in [0.05, 0.1) is 0 Å². The minimum Gasteiger partial charge on any atom is -0.655 e. The number of rotatable bonds is 12. The number of nitrogens with zero attached hydrogens (tertiary/aromatic N) is 4. The van der Waals surface area contributed by atoms with Gasteiger partial charge in [-0.15, -0.1) is 0 Å². The fraction of sp³-hybridized carbons (Fsp3) is 0.600. The first-order valence-corrected chi connectivity index (χ1v) is 13.3. The third kappa shape index (κ3) is 11.5. The Balaban J connectivity index is 0.00000216. The molecule has 0 saturated carbocycles. The summed E-state index contributed by atoms with van der Waals surface area (Å²) in [4.78, 5) is 5.22. The van der Waals surface area contributed by atoms with Crippen molar-refractivity contribution in [2.75, 3.05) is 52.4 Å². The average molecular weight is 477 g/mol. The van der Waals surface area contributed by atoms with E-state index in [-0.39, 0.29) is 57.2 Å². The first-order valence-electron chi connectivity index (χ1n) is 13.3. The molecular weight excluding hydrogens is 430 g/mol. The van der Waals surface area contributed by atoms with Crippen molar-refractivity contribution in [3.63, 3.8) is 0 Å². The summed E-state index contributed by atoms with van der Waals surface area (Å²) in [5.41, 5.74) is 2.71. The summed E-state index contributed by atoms with van der Waals surface area (Å²) >= 11 is 0. The van der Waals surface area contributed by atoms with Crippen molar-refractivity contribution in [2.45, 2.75) is 64.5 Å². The summed E-state index contributed by atoms with van der Waals surface area (Å²) in [5.74, 6) is 0. The Morgan fingerprint density at radius 2 is 0.917 bits per heavy atom. The largest absolute Gasteiger partial charge is 1.00 e. The van der Waals surface area contributed by atoms with Gasteiger partial charge in [-0.25, -0.2) is 0 Å². The third-order valence-corrected chi connectivity index (χ3v) is 7.14. The van der Waals surface area contributed by atoms with Crippen LogP contribution >= 0.6 is 0 Å². The molecule has 0 aromatic heterocycles. The van der Waals surface area contributed by atoms with Crippen LogP contribution in [0, 0.1) is 0 Å². The number of hydrogen-bond donors (Lipinski definition) is 0. The topological polar surface area (TPSA) is 34.7 Å². The number of piperidine rings is 2. The standard InChI is InChI=1S/C29H42N4.CH4.2Li/c1-5-14-26(15-6-1)28(24-32-20-9-3-10-21-32)30-18-13-19-31-29(27-16-7-2-8-17-27)25-33-22-11-4-12-23-33;;;/h1-2,5-8,14-17,28-29H,3-4,9-13,18-25H2;1H4;;/q-2;;2*+1. The maximum atomic E-state index is 5.16. The third-order valence-electron chi connectivity index (χ3n) is 7.14. The normalized spacial score (nSPS) is 18.2. The van der Waals surface area contributed by atoms with E-state index in [1.807, 2.05) is 0 Å². The number of hydrogen-bond acceptors (Lipinski definition) is 2. The molecule has 2 unspecified atom stereocenters. The fourth-order valence-corrected chi connectivity index (χ4v) is 5.23. The smallest absolute Gasteiger partial charge is 0.655 e. The summed E-state index contributed by atoms with van der Waals surface area (Å²) in [5, 5.41) is 10.3. The molecular formula is C30H46Li2N4. The second kappa shape index (κ2) is 19.5. The molecule has 0 bridgehead atoms. The molecule has 2 saturated heterocycles. The summed E-state index contributed by atoms with van der Waals surface area (Å²) in [6, 6.07) is 22.3. The van der Waals surface area contributed by atoms with E-state index in [0.717, 1.165) is 32.6 Å². The summed E-state index contributed by atoms with van der Waals surface area (Å²) in [6.45, 7) is 8.80. The zero-order chi connectivity index (χ0) is 22.6. The molecule has 2 aromatic carbocycles. The van der Waals surface area contributed by atoms with Crippen LogP contribution in [-0.4, -0.2) is 62.2 Å². The number of likely N-dealkylation sites (tertiary alicyclic amines) is 2. The Morgan fingerprint density at radius 3 is 1.28 bits per heavy atom. The molecule has 2 aromatic rings. The Bertz CT molecular complexity index is 700. The van der Waals surface area contributed by atoms with Gasteiger partial charge in [0.25, 0.3) is 0 Å². The van der Waals surface area contributed by atoms with E-state index in [1.165, 1.54) is 75.8 Å². The predicted octanol–water partition coefficient (Wildman–Crippen LogP) is 1.22. The maximum Gasteiger partial charge on any atom is 1.00 e.